The van der Waals surface area contributed by atoms with Gasteiger partial charge in [-0.3, -0.25) is 0 Å². The molecule has 0 spiro atoms. The van der Waals surface area contributed by atoms with Gasteiger partial charge in [-0.2, -0.15) is 0 Å². The van der Waals surface area contributed by atoms with Crippen molar-refractivity contribution in [2.75, 3.05) is 19.1 Å². The highest BCUT2D eigenvalue weighted by molar-refractivity contribution is 7.90. The molecule has 30 heavy (non-hydrogen) atoms. The minimum absolute atomic E-state index is 0. The molecular formula is C20H21N5O4S. The van der Waals surface area contributed by atoms with Crippen molar-refractivity contribution in [2.24, 2.45) is 0 Å². The number of aromatic nitrogens is 4. The van der Waals surface area contributed by atoms with E-state index in [0.717, 1.165) is 6.26 Å². The second-order valence-electron chi connectivity index (χ2n) is 6.59. The van der Waals surface area contributed by atoms with E-state index in [0.29, 0.717) is 39.4 Å². The fourth-order valence-electron chi connectivity index (χ4n) is 2.95. The van der Waals surface area contributed by atoms with Crippen LogP contribution in [0.1, 0.15) is 13.2 Å². The quantitative estimate of drug-likeness (QED) is 0.474. The zero-order valence-corrected chi connectivity index (χ0v) is 16.9. The van der Waals surface area contributed by atoms with E-state index in [4.69, 9.17) is 10.5 Å². The van der Waals surface area contributed by atoms with Crippen molar-refractivity contribution in [3.05, 3.63) is 54.2 Å². The lowest BCUT2D eigenvalue weighted by Crippen LogP contribution is -2.00. The molecule has 0 atom stereocenters. The molecule has 0 unspecified atom stereocenters. The first-order valence-electron chi connectivity index (χ1n) is 8.78. The number of hydrogen-bond acceptors (Lipinski definition) is 8. The number of nitrogens with zero attached hydrogens (tertiary/aromatic N) is 3. The topological polar surface area (TPSA) is 141 Å². The fourth-order valence-corrected chi connectivity index (χ4v) is 3.58. The lowest BCUT2D eigenvalue weighted by molar-refractivity contribution is 0.0601. The molecule has 10 heteroatoms. The first-order valence-corrected chi connectivity index (χ1v) is 10.7. The Morgan fingerprint density at radius 1 is 1.13 bits per heavy atom. The van der Waals surface area contributed by atoms with Crippen LogP contribution in [0.2, 0.25) is 0 Å². The number of imidazole rings is 1. The maximum Gasteiger partial charge on any atom is 0.337 e. The van der Waals surface area contributed by atoms with E-state index in [1.165, 1.54) is 25.4 Å². The van der Waals surface area contributed by atoms with Crippen molar-refractivity contribution < 1.29 is 20.8 Å². The van der Waals surface area contributed by atoms with Gasteiger partial charge in [-0.25, -0.2) is 28.2 Å². The van der Waals surface area contributed by atoms with Crippen molar-refractivity contribution >= 4 is 32.7 Å². The third-order valence-corrected chi connectivity index (χ3v) is 5.63. The highest BCUT2D eigenvalue weighted by atomic mass is 32.2. The number of methoxy groups -OCH3 is 1. The van der Waals surface area contributed by atoms with Crippen LogP contribution in [0.25, 0.3) is 33.8 Å². The maximum absolute atomic E-state index is 11.7. The van der Waals surface area contributed by atoms with Gasteiger partial charge in [-0.1, -0.05) is 12.1 Å². The first-order chi connectivity index (χ1) is 14.3. The Bertz CT molecular complexity index is 1390. The minimum atomic E-state index is -3.29. The summed E-state index contributed by atoms with van der Waals surface area (Å²) in [6.45, 7) is 0. The number of esters is 1. The van der Waals surface area contributed by atoms with Gasteiger partial charge in [0.2, 0.25) is 0 Å². The molecule has 0 saturated carbocycles. The summed E-state index contributed by atoms with van der Waals surface area (Å²) >= 11 is 0. The highest BCUT2D eigenvalue weighted by Gasteiger charge is 2.15. The van der Waals surface area contributed by atoms with Crippen LogP contribution < -0.4 is 5.73 Å². The number of H-pyrrole nitrogens is 1. The average Bonchev–Trinajstić information content (AvgIpc) is 3.16. The van der Waals surface area contributed by atoms with Gasteiger partial charge in [0.15, 0.2) is 21.5 Å². The number of hydrogen-bond donors (Lipinski definition) is 2. The monoisotopic (exact) mass is 427 g/mol. The summed E-state index contributed by atoms with van der Waals surface area (Å²) in [5.74, 6) is 0.122. The summed E-state index contributed by atoms with van der Waals surface area (Å²) in [6, 6.07) is 11.3. The first kappa shape index (κ1) is 19.5. The molecule has 2 aromatic carbocycles. The van der Waals surface area contributed by atoms with Gasteiger partial charge >= 0.3 is 5.97 Å². The fraction of sp³-hybridized carbons (Fsp3) is 0.100. The van der Waals surface area contributed by atoms with Crippen molar-refractivity contribution in [1.82, 2.24) is 19.9 Å². The molecule has 0 saturated heterocycles. The lowest BCUT2D eigenvalue weighted by Gasteiger charge is -2.06. The zero-order chi connectivity index (χ0) is 21.5. The predicted molar refractivity (Wildman–Crippen MR) is 116 cm³/mol. The lowest BCUT2D eigenvalue weighted by atomic mass is 10.1. The van der Waals surface area contributed by atoms with Crippen LogP contribution in [0.15, 0.2) is 53.6 Å². The third-order valence-electron chi connectivity index (χ3n) is 4.51. The Morgan fingerprint density at radius 3 is 2.53 bits per heavy atom. The molecule has 0 bridgehead atoms. The van der Waals surface area contributed by atoms with Crippen LogP contribution in [0.3, 0.4) is 0 Å². The van der Waals surface area contributed by atoms with E-state index in [2.05, 4.69) is 19.9 Å². The molecule has 0 amide bonds. The molecule has 0 fully saturated rings. The molecule has 3 N–H and O–H groups in total. The molecule has 156 valence electrons. The van der Waals surface area contributed by atoms with E-state index in [9.17, 15) is 13.2 Å². The van der Waals surface area contributed by atoms with Gasteiger partial charge in [-0.05, 0) is 30.3 Å². The molecule has 0 radical (unpaired) electrons. The normalized spacial score (nSPS) is 11.5. The number of carbonyl (C=O) groups is 1. The van der Waals surface area contributed by atoms with Gasteiger partial charge in [0.05, 0.1) is 40.5 Å². The highest BCUT2D eigenvalue weighted by Crippen LogP contribution is 2.27. The standard InChI is InChI=1S/C20H17N5O4S.2H2/c1-29-20(26)12-5-8-14-15(9-12)25-19(24-14)17-18(21)22-10-16(23-17)11-3-6-13(7-4-11)30(2,27)28;;/h3-10H,1-2H3,(H2,21,22)(H,24,25);2*1H. The van der Waals surface area contributed by atoms with Gasteiger partial charge in [0, 0.05) is 14.7 Å². The second-order valence-corrected chi connectivity index (χ2v) is 8.61. The van der Waals surface area contributed by atoms with Gasteiger partial charge in [-0.15, -0.1) is 0 Å². The second kappa shape index (κ2) is 7.23. The van der Waals surface area contributed by atoms with Crippen LogP contribution in [-0.2, 0) is 14.6 Å². The number of sulfone groups is 1. The number of nitrogen functional groups attached to an aromatic ring is 1. The number of carbonyl (C=O) groups excluding carboxylic acids is 1. The summed E-state index contributed by atoms with van der Waals surface area (Å²) in [7, 11) is -1.98. The Balaban J connectivity index is 0.00000181. The summed E-state index contributed by atoms with van der Waals surface area (Å²) in [5, 5.41) is 0. The summed E-state index contributed by atoms with van der Waals surface area (Å²) in [6.07, 6.45) is 2.66. The van der Waals surface area contributed by atoms with Crippen molar-refractivity contribution in [1.29, 1.82) is 0 Å². The number of nitrogens with one attached hydrogen (secondary N) is 1. The predicted octanol–water partition coefficient (Wildman–Crippen LogP) is 2.95. The number of fused-ring (bicyclic) bond motifs is 1. The molecule has 2 heterocycles. The number of aromatic amines is 1. The number of nitrogens with two attached hydrogens (primary N) is 1. The van der Waals surface area contributed by atoms with E-state index in [1.807, 2.05) is 0 Å². The molecule has 9 nitrogen and oxygen atoms in total. The largest absolute Gasteiger partial charge is 0.465 e. The Labute approximate surface area is 174 Å². The SMILES string of the molecule is COC(=O)c1ccc2nc(-c3nc(-c4ccc(S(C)(=O)=O)cc4)cnc3N)[nH]c2c1.[HH].[HH]. The average molecular weight is 427 g/mol. The van der Waals surface area contributed by atoms with Crippen molar-refractivity contribution in [2.45, 2.75) is 4.90 Å². The molecule has 0 aliphatic heterocycles. The molecule has 4 rings (SSSR count). The van der Waals surface area contributed by atoms with Crippen molar-refractivity contribution in [3.63, 3.8) is 0 Å². The zero-order valence-electron chi connectivity index (χ0n) is 16.1. The van der Waals surface area contributed by atoms with Crippen LogP contribution in [0, 0.1) is 0 Å². The van der Waals surface area contributed by atoms with Crippen LogP contribution in [0.4, 0.5) is 5.82 Å². The minimum Gasteiger partial charge on any atom is -0.465 e. The molecule has 2 aromatic heterocycles. The van der Waals surface area contributed by atoms with Crippen molar-refractivity contribution in [3.8, 4) is 22.8 Å². The molecule has 0 aliphatic rings. The Hall–Kier alpha value is -3.79. The summed E-state index contributed by atoms with van der Waals surface area (Å²) in [5.41, 5.74) is 9.19. The number of benzene rings is 2. The smallest absolute Gasteiger partial charge is 0.337 e. The van der Waals surface area contributed by atoms with Gasteiger partial charge in [0.25, 0.3) is 0 Å². The van der Waals surface area contributed by atoms with Crippen LogP contribution in [0.5, 0.6) is 0 Å². The summed E-state index contributed by atoms with van der Waals surface area (Å²) in [4.78, 5) is 28.3. The van der Waals surface area contributed by atoms with Gasteiger partial charge < -0.3 is 15.5 Å². The Morgan fingerprint density at radius 2 is 1.87 bits per heavy atom. The Kier molecular flexibility index (Phi) is 4.70. The number of rotatable bonds is 4. The number of ether oxygens (including phenoxy) is 1. The maximum atomic E-state index is 11.7. The van der Waals surface area contributed by atoms with E-state index < -0.39 is 15.8 Å². The molecular weight excluding hydrogens is 406 g/mol. The summed E-state index contributed by atoms with van der Waals surface area (Å²) < 4.78 is 28.0. The van der Waals surface area contributed by atoms with Crippen LogP contribution in [-0.4, -0.2) is 47.7 Å². The van der Waals surface area contributed by atoms with E-state index in [-0.39, 0.29) is 13.6 Å². The van der Waals surface area contributed by atoms with E-state index >= 15 is 0 Å². The molecule has 4 aromatic rings. The van der Waals surface area contributed by atoms with Gasteiger partial charge in [0.1, 0.15) is 5.69 Å². The van der Waals surface area contributed by atoms with Crippen LogP contribution >= 0.6 is 0 Å². The van der Waals surface area contributed by atoms with E-state index in [1.54, 1.807) is 30.3 Å². The third kappa shape index (κ3) is 3.60. The number of anilines is 1. The molecule has 0 aliphatic carbocycles.